The summed E-state index contributed by atoms with van der Waals surface area (Å²) in [4.78, 5) is 0. The van der Waals surface area contributed by atoms with Gasteiger partial charge >= 0.3 is 0 Å². The molecule has 0 bridgehead atoms. The first-order chi connectivity index (χ1) is 11.4. The Morgan fingerprint density at radius 2 is 1.96 bits per heavy atom. The molecule has 3 rings (SSSR count). The standard InChI is InChI=1S/C16H24ClN3O3S/c1-12-10-19(11-13(2)23-12)24(21,22)20-7-6-18-9-16(20)14-4-3-5-15(17)8-14/h3-5,8,12-13,16,18H,6-7,9-11H2,1-2H3. The van der Waals surface area contributed by atoms with Gasteiger partial charge in [0.1, 0.15) is 0 Å². The average molecular weight is 374 g/mol. The first-order valence-corrected chi connectivity index (χ1v) is 10.0. The molecule has 0 aromatic heterocycles. The number of halogens is 1. The molecule has 0 radical (unpaired) electrons. The number of piperazine rings is 1. The highest BCUT2D eigenvalue weighted by Gasteiger charge is 2.40. The Morgan fingerprint density at radius 3 is 2.62 bits per heavy atom. The van der Waals surface area contributed by atoms with Gasteiger partial charge in [0.2, 0.25) is 0 Å². The van der Waals surface area contributed by atoms with Crippen LogP contribution in [0.15, 0.2) is 24.3 Å². The largest absolute Gasteiger partial charge is 0.373 e. The number of morpholine rings is 1. The van der Waals surface area contributed by atoms with Crippen LogP contribution in [0.5, 0.6) is 0 Å². The minimum atomic E-state index is -3.56. The van der Waals surface area contributed by atoms with Gasteiger partial charge in [0.05, 0.1) is 18.2 Å². The molecule has 6 nitrogen and oxygen atoms in total. The summed E-state index contributed by atoms with van der Waals surface area (Å²) in [7, 11) is -3.56. The molecule has 134 valence electrons. The van der Waals surface area contributed by atoms with Crippen LogP contribution in [0, 0.1) is 0 Å². The van der Waals surface area contributed by atoms with Gasteiger partial charge in [-0.15, -0.1) is 0 Å². The molecule has 24 heavy (non-hydrogen) atoms. The van der Waals surface area contributed by atoms with E-state index in [2.05, 4.69) is 5.32 Å². The third kappa shape index (κ3) is 3.76. The van der Waals surface area contributed by atoms with E-state index in [1.807, 2.05) is 32.0 Å². The van der Waals surface area contributed by atoms with E-state index in [0.29, 0.717) is 37.7 Å². The number of benzene rings is 1. The maximum absolute atomic E-state index is 13.2. The van der Waals surface area contributed by atoms with Crippen molar-refractivity contribution in [1.29, 1.82) is 0 Å². The smallest absolute Gasteiger partial charge is 0.282 e. The summed E-state index contributed by atoms with van der Waals surface area (Å²) in [6.45, 7) is 6.26. The van der Waals surface area contributed by atoms with Crippen molar-refractivity contribution in [3.05, 3.63) is 34.9 Å². The van der Waals surface area contributed by atoms with Crippen LogP contribution in [-0.4, -0.2) is 62.0 Å². The van der Waals surface area contributed by atoms with Crippen molar-refractivity contribution < 1.29 is 13.2 Å². The van der Waals surface area contributed by atoms with E-state index in [1.165, 1.54) is 0 Å². The molecule has 2 aliphatic rings. The van der Waals surface area contributed by atoms with Crippen LogP contribution < -0.4 is 5.32 Å². The second-order valence-electron chi connectivity index (χ2n) is 6.47. The van der Waals surface area contributed by atoms with Crippen LogP contribution in [0.1, 0.15) is 25.5 Å². The zero-order chi connectivity index (χ0) is 17.3. The van der Waals surface area contributed by atoms with Crippen molar-refractivity contribution in [2.45, 2.75) is 32.1 Å². The number of ether oxygens (including phenoxy) is 1. The molecule has 1 N–H and O–H groups in total. The van der Waals surface area contributed by atoms with Crippen LogP contribution >= 0.6 is 11.6 Å². The molecule has 1 aromatic rings. The zero-order valence-electron chi connectivity index (χ0n) is 14.0. The molecule has 3 unspecified atom stereocenters. The summed E-state index contributed by atoms with van der Waals surface area (Å²) in [6.07, 6.45) is -0.202. The van der Waals surface area contributed by atoms with E-state index in [1.54, 1.807) is 14.7 Å². The fourth-order valence-electron chi connectivity index (χ4n) is 3.43. The van der Waals surface area contributed by atoms with Gasteiger partial charge in [-0.05, 0) is 31.5 Å². The van der Waals surface area contributed by atoms with Gasteiger partial charge in [0, 0.05) is 37.7 Å². The molecule has 2 saturated heterocycles. The summed E-state index contributed by atoms with van der Waals surface area (Å²) in [5.41, 5.74) is 0.910. The third-order valence-corrected chi connectivity index (χ3v) is 6.65. The molecule has 0 amide bonds. The van der Waals surface area contributed by atoms with Gasteiger partial charge in [-0.25, -0.2) is 0 Å². The van der Waals surface area contributed by atoms with Gasteiger partial charge in [-0.2, -0.15) is 17.0 Å². The summed E-state index contributed by atoms with van der Waals surface area (Å²) in [6, 6.07) is 7.17. The van der Waals surface area contributed by atoms with Crippen LogP contribution in [0.3, 0.4) is 0 Å². The normalized spacial score (nSPS) is 30.4. The molecule has 2 fully saturated rings. The summed E-state index contributed by atoms with van der Waals surface area (Å²) in [5.74, 6) is 0. The third-order valence-electron chi connectivity index (χ3n) is 4.44. The van der Waals surface area contributed by atoms with E-state index < -0.39 is 10.2 Å². The Balaban J connectivity index is 1.89. The Morgan fingerprint density at radius 1 is 1.25 bits per heavy atom. The van der Waals surface area contributed by atoms with Crippen molar-refractivity contribution in [3.8, 4) is 0 Å². The predicted octanol–water partition coefficient (Wildman–Crippen LogP) is 1.64. The number of nitrogens with one attached hydrogen (secondary N) is 1. The van der Waals surface area contributed by atoms with Crippen molar-refractivity contribution in [3.63, 3.8) is 0 Å². The predicted molar refractivity (Wildman–Crippen MR) is 94.3 cm³/mol. The van der Waals surface area contributed by atoms with E-state index in [-0.39, 0.29) is 18.2 Å². The molecule has 1 aromatic carbocycles. The first kappa shape index (κ1) is 18.1. The molecule has 2 aliphatic heterocycles. The Hall–Kier alpha value is -0.700. The maximum atomic E-state index is 13.2. The fraction of sp³-hybridized carbons (Fsp3) is 0.625. The highest BCUT2D eigenvalue weighted by atomic mass is 35.5. The van der Waals surface area contributed by atoms with Gasteiger partial charge < -0.3 is 10.1 Å². The fourth-order valence-corrected chi connectivity index (χ4v) is 5.56. The molecule has 0 spiro atoms. The number of hydrogen-bond donors (Lipinski definition) is 1. The lowest BCUT2D eigenvalue weighted by Crippen LogP contribution is -2.57. The number of nitrogens with zero attached hydrogens (tertiary/aromatic N) is 2. The Bertz CT molecular complexity index is 675. The quantitative estimate of drug-likeness (QED) is 0.875. The Labute approximate surface area is 148 Å². The first-order valence-electron chi connectivity index (χ1n) is 8.26. The molecule has 8 heteroatoms. The van der Waals surface area contributed by atoms with E-state index in [9.17, 15) is 8.42 Å². The lowest BCUT2D eigenvalue weighted by molar-refractivity contribution is -0.0459. The van der Waals surface area contributed by atoms with E-state index >= 15 is 0 Å². The Kier molecular flexibility index (Phi) is 5.48. The SMILES string of the molecule is CC1CN(S(=O)(=O)N2CCNCC2c2cccc(Cl)c2)CC(C)O1. The van der Waals surface area contributed by atoms with Gasteiger partial charge in [-0.1, -0.05) is 23.7 Å². The zero-order valence-corrected chi connectivity index (χ0v) is 15.6. The van der Waals surface area contributed by atoms with Crippen LogP contribution in [0.25, 0.3) is 0 Å². The van der Waals surface area contributed by atoms with Crippen molar-refractivity contribution in [2.24, 2.45) is 0 Å². The van der Waals surface area contributed by atoms with Crippen LogP contribution in [0.4, 0.5) is 0 Å². The van der Waals surface area contributed by atoms with Crippen molar-refractivity contribution in [1.82, 2.24) is 13.9 Å². The van der Waals surface area contributed by atoms with Crippen molar-refractivity contribution in [2.75, 3.05) is 32.7 Å². The van der Waals surface area contributed by atoms with E-state index in [4.69, 9.17) is 16.3 Å². The summed E-state index contributed by atoms with van der Waals surface area (Å²) >= 11 is 6.10. The molecular formula is C16H24ClN3O3S. The lowest BCUT2D eigenvalue weighted by Gasteiger charge is -2.41. The second kappa shape index (κ2) is 7.27. The molecule has 2 heterocycles. The lowest BCUT2D eigenvalue weighted by atomic mass is 10.1. The maximum Gasteiger partial charge on any atom is 0.282 e. The molecule has 0 aliphatic carbocycles. The number of rotatable bonds is 3. The average Bonchev–Trinajstić information content (AvgIpc) is 2.54. The second-order valence-corrected chi connectivity index (χ2v) is 8.79. The van der Waals surface area contributed by atoms with Crippen LogP contribution in [0.2, 0.25) is 5.02 Å². The van der Waals surface area contributed by atoms with Gasteiger partial charge in [0.15, 0.2) is 0 Å². The van der Waals surface area contributed by atoms with Crippen molar-refractivity contribution >= 4 is 21.8 Å². The number of hydrogen-bond acceptors (Lipinski definition) is 4. The molecule has 3 atom stereocenters. The summed E-state index contributed by atoms with van der Waals surface area (Å²) in [5, 5.41) is 3.90. The minimum Gasteiger partial charge on any atom is -0.373 e. The van der Waals surface area contributed by atoms with Gasteiger partial charge in [0.25, 0.3) is 10.2 Å². The topological polar surface area (TPSA) is 61.9 Å². The van der Waals surface area contributed by atoms with Gasteiger partial charge in [-0.3, -0.25) is 0 Å². The summed E-state index contributed by atoms with van der Waals surface area (Å²) < 4.78 is 35.3. The monoisotopic (exact) mass is 373 g/mol. The van der Waals surface area contributed by atoms with Crippen LogP contribution in [-0.2, 0) is 14.9 Å². The minimum absolute atomic E-state index is 0.101. The molecule has 0 saturated carbocycles. The molecular weight excluding hydrogens is 350 g/mol. The highest BCUT2D eigenvalue weighted by Crippen LogP contribution is 2.29. The highest BCUT2D eigenvalue weighted by molar-refractivity contribution is 7.86. The van der Waals surface area contributed by atoms with E-state index in [0.717, 1.165) is 5.56 Å².